The molecule has 9 heteroatoms. The largest absolute Gasteiger partial charge is 0.338 e. The van der Waals surface area contributed by atoms with Crippen LogP contribution < -0.4 is 15.5 Å². The second-order valence-corrected chi connectivity index (χ2v) is 2.74. The highest BCUT2D eigenvalue weighted by atomic mass is 32.1. The van der Waals surface area contributed by atoms with Crippen molar-refractivity contribution in [3.8, 4) is 11.8 Å². The molecule has 0 aliphatic rings. The van der Waals surface area contributed by atoms with E-state index in [1.165, 1.54) is 6.20 Å². The summed E-state index contributed by atoms with van der Waals surface area (Å²) in [7, 11) is 0. The van der Waals surface area contributed by atoms with Crippen molar-refractivity contribution >= 4 is 11.5 Å². The zero-order chi connectivity index (χ0) is 9.80. The third-order valence-electron chi connectivity index (χ3n) is 1.19. The fraction of sp³-hybridized carbons (Fsp3) is 0. The fourth-order valence-corrected chi connectivity index (χ4v) is 1.05. The summed E-state index contributed by atoms with van der Waals surface area (Å²) in [6.45, 7) is 0. The first-order valence-corrected chi connectivity index (χ1v) is 4.35. The van der Waals surface area contributed by atoms with Crippen LogP contribution in [0.2, 0.25) is 0 Å². The predicted molar refractivity (Wildman–Crippen MR) is 45.8 cm³/mol. The molecule has 2 aromatic rings. The van der Waals surface area contributed by atoms with Crippen LogP contribution in [0, 0.1) is 0 Å². The fourth-order valence-electron chi connectivity index (χ4n) is 0.698. The van der Waals surface area contributed by atoms with Crippen LogP contribution in [0.1, 0.15) is 0 Å². The standard InChI is InChI=1S/C5H6N6O2S/c6-11(12-4-1-2-7-8-4)13-5-3-14-10-9-5/h1-3H,6H2,(H,7,8). The number of nitrogens with one attached hydrogen (secondary N) is 1. The summed E-state index contributed by atoms with van der Waals surface area (Å²) in [6, 6.07) is 1.59. The van der Waals surface area contributed by atoms with Crippen LogP contribution in [0.3, 0.4) is 0 Å². The van der Waals surface area contributed by atoms with E-state index in [-0.39, 0.29) is 5.88 Å². The van der Waals surface area contributed by atoms with Gasteiger partial charge in [-0.25, -0.2) is 5.10 Å². The lowest BCUT2D eigenvalue weighted by atomic mass is 10.7. The summed E-state index contributed by atoms with van der Waals surface area (Å²) in [6.07, 6.45) is 1.52. The number of hydrazine groups is 1. The van der Waals surface area contributed by atoms with Crippen LogP contribution in [-0.2, 0) is 0 Å². The Balaban J connectivity index is 1.88. The van der Waals surface area contributed by atoms with Gasteiger partial charge >= 0.3 is 0 Å². The monoisotopic (exact) mass is 214 g/mol. The molecule has 0 unspecified atom stereocenters. The van der Waals surface area contributed by atoms with Gasteiger partial charge in [0.25, 0.3) is 5.88 Å². The van der Waals surface area contributed by atoms with Gasteiger partial charge in [0.2, 0.25) is 5.88 Å². The Morgan fingerprint density at radius 3 is 3.07 bits per heavy atom. The third-order valence-corrected chi connectivity index (χ3v) is 1.67. The molecule has 14 heavy (non-hydrogen) atoms. The molecule has 0 saturated carbocycles. The molecule has 8 nitrogen and oxygen atoms in total. The van der Waals surface area contributed by atoms with Gasteiger partial charge in [-0.15, -0.1) is 0 Å². The van der Waals surface area contributed by atoms with E-state index in [2.05, 4.69) is 19.8 Å². The molecular formula is C5H6N6O2S. The predicted octanol–water partition coefficient (Wildman–Crippen LogP) is -0.275. The summed E-state index contributed by atoms with van der Waals surface area (Å²) in [5, 5.41) is 12.0. The summed E-state index contributed by atoms with van der Waals surface area (Å²) in [4.78, 5) is 9.84. The van der Waals surface area contributed by atoms with E-state index < -0.39 is 0 Å². The van der Waals surface area contributed by atoms with Gasteiger partial charge in [0.1, 0.15) is 5.34 Å². The molecule has 0 fully saturated rings. The highest BCUT2D eigenvalue weighted by Crippen LogP contribution is 2.09. The molecule has 2 heterocycles. The van der Waals surface area contributed by atoms with Gasteiger partial charge in [-0.05, 0) is 11.5 Å². The quantitative estimate of drug-likeness (QED) is 0.533. The number of rotatable bonds is 4. The number of hydrogen-bond acceptors (Lipinski definition) is 8. The molecule has 0 aromatic carbocycles. The number of nitrogens with zero attached hydrogens (tertiary/aromatic N) is 4. The smallest absolute Gasteiger partial charge is 0.275 e. The first kappa shape index (κ1) is 8.87. The minimum atomic E-state index is 0.261. The van der Waals surface area contributed by atoms with Crippen molar-refractivity contribution in [2.24, 2.45) is 5.84 Å². The van der Waals surface area contributed by atoms with Gasteiger partial charge in [-0.2, -0.15) is 10.9 Å². The molecule has 2 rings (SSSR count). The molecule has 0 spiro atoms. The normalized spacial score (nSPS) is 10.4. The lowest BCUT2D eigenvalue weighted by molar-refractivity contribution is -0.264. The molecule has 2 aromatic heterocycles. The van der Waals surface area contributed by atoms with E-state index in [4.69, 9.17) is 15.5 Å². The van der Waals surface area contributed by atoms with Crippen molar-refractivity contribution in [2.75, 3.05) is 0 Å². The summed E-state index contributed by atoms with van der Waals surface area (Å²) >= 11 is 1.15. The summed E-state index contributed by atoms with van der Waals surface area (Å²) in [5.74, 6) is 5.95. The molecule has 3 N–H and O–H groups in total. The molecular weight excluding hydrogens is 208 g/mol. The second kappa shape index (κ2) is 4.00. The molecule has 0 saturated heterocycles. The molecule has 0 amide bonds. The minimum absolute atomic E-state index is 0.261. The van der Waals surface area contributed by atoms with Gasteiger partial charge in [0.05, 0.1) is 11.6 Å². The number of aromatic amines is 1. The Hall–Kier alpha value is -1.71. The van der Waals surface area contributed by atoms with Crippen molar-refractivity contribution < 1.29 is 9.68 Å². The summed E-state index contributed by atoms with van der Waals surface area (Å²) in [5.41, 5.74) is 0. The maximum atomic E-state index is 5.33. The number of H-pyrrole nitrogens is 1. The third kappa shape index (κ3) is 2.16. The zero-order valence-corrected chi connectivity index (χ0v) is 7.64. The second-order valence-electron chi connectivity index (χ2n) is 2.13. The average Bonchev–Trinajstić information content (AvgIpc) is 2.76. The van der Waals surface area contributed by atoms with Gasteiger partial charge in [-0.3, -0.25) is 0 Å². The van der Waals surface area contributed by atoms with Crippen molar-refractivity contribution in [2.45, 2.75) is 0 Å². The molecule has 74 valence electrons. The van der Waals surface area contributed by atoms with Crippen molar-refractivity contribution in [1.29, 1.82) is 0 Å². The summed E-state index contributed by atoms with van der Waals surface area (Å²) < 4.78 is 3.58. The molecule has 0 aliphatic carbocycles. The van der Waals surface area contributed by atoms with E-state index in [0.717, 1.165) is 11.5 Å². The van der Waals surface area contributed by atoms with E-state index in [1.807, 2.05) is 0 Å². The van der Waals surface area contributed by atoms with Crippen molar-refractivity contribution in [1.82, 2.24) is 25.1 Å². The van der Waals surface area contributed by atoms with Crippen LogP contribution >= 0.6 is 11.5 Å². The van der Waals surface area contributed by atoms with Crippen LogP contribution in [0.5, 0.6) is 11.8 Å². The number of aromatic nitrogens is 4. The highest BCUT2D eigenvalue weighted by Gasteiger charge is 2.06. The van der Waals surface area contributed by atoms with Crippen LogP contribution in [0.25, 0.3) is 0 Å². The highest BCUT2D eigenvalue weighted by molar-refractivity contribution is 7.03. The lowest BCUT2D eigenvalue weighted by Crippen LogP contribution is -2.37. The van der Waals surface area contributed by atoms with E-state index in [1.54, 1.807) is 11.4 Å². The van der Waals surface area contributed by atoms with Crippen LogP contribution in [-0.4, -0.2) is 25.1 Å². The van der Waals surface area contributed by atoms with E-state index >= 15 is 0 Å². The zero-order valence-electron chi connectivity index (χ0n) is 6.82. The first-order valence-electron chi connectivity index (χ1n) is 3.52. The Morgan fingerprint density at radius 2 is 2.43 bits per heavy atom. The van der Waals surface area contributed by atoms with Crippen molar-refractivity contribution in [3.63, 3.8) is 0 Å². The lowest BCUT2D eigenvalue weighted by Gasteiger charge is -2.12. The van der Waals surface area contributed by atoms with Gasteiger partial charge in [0.15, 0.2) is 0 Å². The molecule has 0 bridgehead atoms. The van der Waals surface area contributed by atoms with Gasteiger partial charge in [0, 0.05) is 6.07 Å². The van der Waals surface area contributed by atoms with E-state index in [0.29, 0.717) is 11.2 Å². The van der Waals surface area contributed by atoms with Gasteiger partial charge in [-0.1, -0.05) is 9.59 Å². The van der Waals surface area contributed by atoms with E-state index in [9.17, 15) is 0 Å². The van der Waals surface area contributed by atoms with Crippen molar-refractivity contribution in [3.05, 3.63) is 17.6 Å². The topological polar surface area (TPSA) is 102 Å². The van der Waals surface area contributed by atoms with Gasteiger partial charge < -0.3 is 9.68 Å². The Morgan fingerprint density at radius 1 is 1.50 bits per heavy atom. The molecule has 0 radical (unpaired) electrons. The maximum absolute atomic E-state index is 5.33. The minimum Gasteiger partial charge on any atom is -0.338 e. The molecule has 0 atom stereocenters. The van der Waals surface area contributed by atoms with Crippen LogP contribution in [0.4, 0.5) is 0 Å². The Kier molecular flexibility index (Phi) is 2.53. The number of hydrogen-bond donors (Lipinski definition) is 2. The Bertz CT molecular complexity index is 325. The average molecular weight is 214 g/mol. The first-order chi connectivity index (χ1) is 6.84. The Labute approximate surface area is 82.3 Å². The maximum Gasteiger partial charge on any atom is 0.275 e. The SMILES string of the molecule is NN(Oc1csnn1)Oc1ccn[nH]1. The van der Waals surface area contributed by atoms with Crippen LogP contribution in [0.15, 0.2) is 17.6 Å². The number of nitrogens with two attached hydrogens (primary N) is 1. The molecule has 0 aliphatic heterocycles.